The maximum Gasteiger partial charge on any atom is 0.243 e. The van der Waals surface area contributed by atoms with E-state index in [0.717, 1.165) is 102 Å². The number of aromatic hydroxyl groups is 1. The molecule has 1 saturated carbocycles. The Morgan fingerprint density at radius 1 is 0.838 bits per heavy atom. The molecule has 3 atom stereocenters. The third-order valence-electron chi connectivity index (χ3n) is 14.7. The van der Waals surface area contributed by atoms with Gasteiger partial charge in [-0.15, -0.1) is 32.9 Å². The molecule has 10 rings (SSSR count). The molecule has 0 radical (unpaired) electrons. The number of aromatic nitrogens is 6. The average Bonchev–Trinajstić information content (AvgIpc) is 4.20. The number of hydrogen-bond donors (Lipinski definition) is 2. The number of phenolic OH excluding ortho intramolecular Hbond substituents is 1. The van der Waals surface area contributed by atoms with Crippen LogP contribution in [0.15, 0.2) is 83.1 Å². The Bertz CT molecular complexity index is 2890. The summed E-state index contributed by atoms with van der Waals surface area (Å²) < 4.78 is 6.00. The van der Waals surface area contributed by atoms with Gasteiger partial charge >= 0.3 is 0 Å². The molecule has 7 heterocycles. The number of carbonyl (C=O) groups excluding carboxylic acids is 2. The Morgan fingerprint density at radius 2 is 1.57 bits per heavy atom. The van der Waals surface area contributed by atoms with Gasteiger partial charge in [0, 0.05) is 59.8 Å². The summed E-state index contributed by atoms with van der Waals surface area (Å²) in [5.41, 5.74) is 9.71. The molecule has 13 nitrogen and oxygen atoms in total. The zero-order valence-corrected chi connectivity index (χ0v) is 41.0. The fourth-order valence-corrected chi connectivity index (χ4v) is 12.9. The normalized spacial score (nSPS) is 20.0. The van der Waals surface area contributed by atoms with Crippen molar-refractivity contribution >= 4 is 50.7 Å². The zero-order valence-electron chi connectivity index (χ0n) is 39.4. The Balaban J connectivity index is 0.716. The van der Waals surface area contributed by atoms with Gasteiger partial charge in [-0.3, -0.25) is 9.59 Å². The van der Waals surface area contributed by atoms with E-state index in [9.17, 15) is 14.7 Å². The summed E-state index contributed by atoms with van der Waals surface area (Å²) in [6.45, 7) is 12.6. The van der Waals surface area contributed by atoms with Crippen LogP contribution in [0, 0.1) is 19.8 Å². The molecule has 2 aliphatic heterocycles. The SMILES string of the molecule is Cc1ncsc1-c1ccc([C@H](C)NC(=O)C2CCCN2C(=O)C(c2cc(C3CCC(c4cnc(N5CCC(c6sc7nnc(-c8ccccc8O)cc7c6C)CC5)nc4)CC3)no2)C(C)C)cc1. The van der Waals surface area contributed by atoms with Crippen LogP contribution in [0.5, 0.6) is 5.75 Å². The first kappa shape index (κ1) is 45.7. The highest BCUT2D eigenvalue weighted by molar-refractivity contribution is 7.19. The van der Waals surface area contributed by atoms with Gasteiger partial charge in [-0.2, -0.15) is 0 Å². The van der Waals surface area contributed by atoms with Crippen LogP contribution in [0.1, 0.15) is 141 Å². The predicted octanol–water partition coefficient (Wildman–Crippen LogP) is 11.0. The predicted molar refractivity (Wildman–Crippen MR) is 267 cm³/mol. The van der Waals surface area contributed by atoms with Crippen LogP contribution < -0.4 is 10.2 Å². The molecule has 7 aromatic rings. The zero-order chi connectivity index (χ0) is 47.1. The van der Waals surface area contributed by atoms with Gasteiger partial charge in [0.2, 0.25) is 17.8 Å². The lowest BCUT2D eigenvalue weighted by molar-refractivity contribution is -0.141. The molecule has 3 aliphatic rings. The van der Waals surface area contributed by atoms with Gasteiger partial charge in [0.1, 0.15) is 28.3 Å². The fourth-order valence-electron chi connectivity index (χ4n) is 10.8. The number of phenols is 1. The maximum atomic E-state index is 14.3. The van der Waals surface area contributed by atoms with E-state index < -0.39 is 12.0 Å². The summed E-state index contributed by atoms with van der Waals surface area (Å²) >= 11 is 3.36. The Labute approximate surface area is 405 Å². The first-order valence-corrected chi connectivity index (χ1v) is 25.9. The molecule has 68 heavy (non-hydrogen) atoms. The smallest absolute Gasteiger partial charge is 0.243 e. The molecule has 3 fully saturated rings. The Hall–Kier alpha value is -6.06. The fraction of sp³-hybridized carbons (Fsp3) is 0.434. The number of benzene rings is 2. The summed E-state index contributed by atoms with van der Waals surface area (Å²) in [7, 11) is 0. The van der Waals surface area contributed by atoms with E-state index in [1.807, 2.05) is 69.9 Å². The number of hydrogen-bond acceptors (Lipinski definition) is 13. The lowest BCUT2D eigenvalue weighted by Crippen LogP contribution is -2.48. The summed E-state index contributed by atoms with van der Waals surface area (Å²) in [4.78, 5) is 49.8. The molecular formula is C53H59N9O4S2. The van der Waals surface area contributed by atoms with Crippen molar-refractivity contribution in [1.29, 1.82) is 0 Å². The molecular weight excluding hydrogens is 891 g/mol. The lowest BCUT2D eigenvalue weighted by atomic mass is 9.78. The van der Waals surface area contributed by atoms with Gasteiger partial charge in [0.15, 0.2) is 0 Å². The van der Waals surface area contributed by atoms with Crippen molar-refractivity contribution in [3.63, 3.8) is 0 Å². The van der Waals surface area contributed by atoms with Crippen LogP contribution in [0.2, 0.25) is 0 Å². The molecule has 2 amide bonds. The Morgan fingerprint density at radius 3 is 2.28 bits per heavy atom. The van der Waals surface area contributed by atoms with Gasteiger partial charge in [0.05, 0.1) is 33.5 Å². The van der Waals surface area contributed by atoms with Crippen LogP contribution in [-0.4, -0.2) is 77.8 Å². The second-order valence-corrected chi connectivity index (χ2v) is 21.3. The van der Waals surface area contributed by atoms with Gasteiger partial charge in [-0.05, 0) is 130 Å². The van der Waals surface area contributed by atoms with E-state index in [1.165, 1.54) is 16.0 Å². The van der Waals surface area contributed by atoms with Crippen LogP contribution in [-0.2, 0) is 9.59 Å². The van der Waals surface area contributed by atoms with Crippen molar-refractivity contribution in [2.75, 3.05) is 24.5 Å². The first-order valence-electron chi connectivity index (χ1n) is 24.2. The summed E-state index contributed by atoms with van der Waals surface area (Å²) in [6, 6.07) is 18.9. The topological polar surface area (TPSA) is 163 Å². The molecule has 2 unspecified atom stereocenters. The molecule has 0 spiro atoms. The van der Waals surface area contributed by atoms with E-state index in [0.29, 0.717) is 41.8 Å². The molecule has 2 N–H and O–H groups in total. The van der Waals surface area contributed by atoms with E-state index >= 15 is 0 Å². The van der Waals surface area contributed by atoms with Crippen molar-refractivity contribution in [3.8, 4) is 27.4 Å². The maximum absolute atomic E-state index is 14.3. The number of amides is 2. The standard InChI is InChI=1S/C53H59N9O4S2/c1-30(2)47(52(65)62-22-8-10-44(62)50(64)57-32(4)34-12-18-37(19-13-34)49-33(5)56-29-67-49)46-26-42(60-66-46)36-16-14-35(15-17-36)39-27-54-53(55-28-39)61-23-20-38(21-24-61)48-31(3)41-25-43(58-59-51(41)68-48)40-9-6-7-11-45(40)63/h6-7,9,11-13,18-19,25-30,32,35-36,38,44,47,63H,8,10,14-17,20-24H2,1-5H3,(H,57,64)/t32-,35?,36?,44?,47?/m0/s1. The van der Waals surface area contributed by atoms with Crippen molar-refractivity contribution in [3.05, 3.63) is 117 Å². The number of rotatable bonds is 12. The number of likely N-dealkylation sites (tertiary alicyclic amines) is 1. The van der Waals surface area contributed by atoms with Crippen LogP contribution in [0.3, 0.4) is 0 Å². The minimum atomic E-state index is -0.528. The molecule has 2 saturated heterocycles. The Kier molecular flexibility index (Phi) is 13.1. The number of carbonyl (C=O) groups is 2. The highest BCUT2D eigenvalue weighted by Gasteiger charge is 2.41. The number of thiophene rings is 1. The van der Waals surface area contributed by atoms with E-state index in [-0.39, 0.29) is 35.4 Å². The molecule has 5 aromatic heterocycles. The third-order valence-corrected chi connectivity index (χ3v) is 17.1. The quantitative estimate of drug-likeness (QED) is 0.120. The van der Waals surface area contributed by atoms with E-state index in [2.05, 4.69) is 67.8 Å². The number of nitrogens with zero attached hydrogens (tertiary/aromatic N) is 8. The molecule has 1 aliphatic carbocycles. The monoisotopic (exact) mass is 949 g/mol. The largest absolute Gasteiger partial charge is 0.507 e. The van der Waals surface area contributed by atoms with Gasteiger partial charge in [-0.25, -0.2) is 15.0 Å². The van der Waals surface area contributed by atoms with Gasteiger partial charge in [-0.1, -0.05) is 55.4 Å². The van der Waals surface area contributed by atoms with Crippen molar-refractivity contribution in [2.24, 2.45) is 5.92 Å². The number of nitrogens with one attached hydrogen (secondary N) is 1. The van der Waals surface area contributed by atoms with Crippen LogP contribution in [0.4, 0.5) is 5.95 Å². The number of piperidine rings is 1. The first-order chi connectivity index (χ1) is 33.0. The number of anilines is 1. The average molecular weight is 950 g/mol. The molecule has 15 heteroatoms. The van der Waals surface area contributed by atoms with Crippen molar-refractivity contribution in [2.45, 2.75) is 122 Å². The minimum Gasteiger partial charge on any atom is -0.507 e. The van der Waals surface area contributed by atoms with E-state index in [1.54, 1.807) is 33.6 Å². The summed E-state index contributed by atoms with van der Waals surface area (Å²) in [5.74, 6) is 1.88. The van der Waals surface area contributed by atoms with Crippen LogP contribution in [0.25, 0.3) is 31.9 Å². The number of aryl methyl sites for hydroxylation is 2. The minimum absolute atomic E-state index is 0.0369. The van der Waals surface area contributed by atoms with Gasteiger partial charge in [0.25, 0.3) is 0 Å². The van der Waals surface area contributed by atoms with Gasteiger partial charge < -0.3 is 24.7 Å². The third kappa shape index (κ3) is 9.14. The van der Waals surface area contributed by atoms with Crippen molar-refractivity contribution in [1.82, 2.24) is 40.5 Å². The van der Waals surface area contributed by atoms with Crippen LogP contribution >= 0.6 is 22.7 Å². The number of fused-ring (bicyclic) bond motifs is 1. The summed E-state index contributed by atoms with van der Waals surface area (Å²) in [6.07, 6.45) is 11.4. The number of thiazole rings is 1. The lowest BCUT2D eigenvalue weighted by Gasteiger charge is -2.32. The second kappa shape index (κ2) is 19.5. The summed E-state index contributed by atoms with van der Waals surface area (Å²) in [5, 5.41) is 28.3. The molecule has 352 valence electrons. The number of para-hydroxylation sites is 1. The molecule has 2 aromatic carbocycles. The molecule has 0 bridgehead atoms. The highest BCUT2D eigenvalue weighted by Crippen LogP contribution is 2.43. The van der Waals surface area contributed by atoms with E-state index in [4.69, 9.17) is 14.5 Å². The highest BCUT2D eigenvalue weighted by atomic mass is 32.1. The second-order valence-electron chi connectivity index (χ2n) is 19.4. The van der Waals surface area contributed by atoms with Crippen molar-refractivity contribution < 1.29 is 19.2 Å².